The molecular weight excluding hydrogens is 293 g/mol. The Morgan fingerprint density at radius 2 is 2.19 bits per heavy atom. The van der Waals surface area contributed by atoms with Crippen molar-refractivity contribution in [2.45, 2.75) is 0 Å². The number of hydrogen-bond acceptors (Lipinski definition) is 2. The van der Waals surface area contributed by atoms with Gasteiger partial charge >= 0.3 is 0 Å². The van der Waals surface area contributed by atoms with Crippen LogP contribution in [0.1, 0.15) is 10.4 Å². The van der Waals surface area contributed by atoms with E-state index in [0.717, 1.165) is 0 Å². The van der Waals surface area contributed by atoms with Gasteiger partial charge in [0.1, 0.15) is 5.82 Å². The highest BCUT2D eigenvalue weighted by molar-refractivity contribution is 9.10. The number of nitrogens with one attached hydrogen (secondary N) is 1. The Labute approximate surface area is 104 Å². The molecule has 2 aromatic rings. The predicted octanol–water partition coefficient (Wildman–Crippen LogP) is 3.90. The van der Waals surface area contributed by atoms with Crippen molar-refractivity contribution in [1.82, 2.24) is 0 Å². The Balaban J connectivity index is 2.18. The zero-order valence-corrected chi connectivity index (χ0v) is 10.4. The van der Waals surface area contributed by atoms with Gasteiger partial charge in [-0.3, -0.25) is 4.79 Å². The van der Waals surface area contributed by atoms with Crippen molar-refractivity contribution in [2.75, 3.05) is 5.32 Å². The number of thiophene rings is 1. The molecule has 0 saturated heterocycles. The summed E-state index contributed by atoms with van der Waals surface area (Å²) in [6.07, 6.45) is 0. The second-order valence-electron chi connectivity index (χ2n) is 3.09. The molecule has 5 heteroatoms. The fourth-order valence-electron chi connectivity index (χ4n) is 1.18. The Hall–Kier alpha value is -1.20. The van der Waals surface area contributed by atoms with E-state index in [0.29, 0.717) is 10.0 Å². The van der Waals surface area contributed by atoms with E-state index >= 15 is 0 Å². The number of benzene rings is 1. The van der Waals surface area contributed by atoms with Crippen LogP contribution >= 0.6 is 27.3 Å². The monoisotopic (exact) mass is 299 g/mol. The smallest absolute Gasteiger partial charge is 0.256 e. The molecule has 1 amide bonds. The van der Waals surface area contributed by atoms with Gasteiger partial charge in [0.15, 0.2) is 0 Å². The van der Waals surface area contributed by atoms with E-state index in [2.05, 4.69) is 21.2 Å². The second kappa shape index (κ2) is 4.76. The van der Waals surface area contributed by atoms with Gasteiger partial charge in [0.2, 0.25) is 0 Å². The van der Waals surface area contributed by atoms with Crippen LogP contribution in [0.15, 0.2) is 39.5 Å². The highest BCUT2D eigenvalue weighted by atomic mass is 79.9. The van der Waals surface area contributed by atoms with Gasteiger partial charge in [-0.05, 0) is 29.6 Å². The summed E-state index contributed by atoms with van der Waals surface area (Å²) in [5.74, 6) is -0.763. The first-order valence-corrected chi connectivity index (χ1v) is 6.19. The quantitative estimate of drug-likeness (QED) is 0.895. The van der Waals surface area contributed by atoms with Crippen molar-refractivity contribution in [3.63, 3.8) is 0 Å². The summed E-state index contributed by atoms with van der Waals surface area (Å²) < 4.78 is 14.0. The lowest BCUT2D eigenvalue weighted by Crippen LogP contribution is -2.11. The van der Waals surface area contributed by atoms with Crippen LogP contribution in [-0.4, -0.2) is 5.91 Å². The molecule has 0 atom stereocenters. The SMILES string of the molecule is O=C(Nc1ccc(Br)cc1F)c1ccsc1. The average molecular weight is 300 g/mol. The average Bonchev–Trinajstić information content (AvgIpc) is 2.75. The van der Waals surface area contributed by atoms with E-state index in [1.165, 1.54) is 23.5 Å². The minimum absolute atomic E-state index is 0.180. The summed E-state index contributed by atoms with van der Waals surface area (Å²) in [7, 11) is 0. The van der Waals surface area contributed by atoms with Gasteiger partial charge in [-0.25, -0.2) is 4.39 Å². The predicted molar refractivity (Wildman–Crippen MR) is 66.4 cm³/mol. The molecule has 1 aromatic heterocycles. The first kappa shape index (κ1) is 11.3. The molecular formula is C11H7BrFNOS. The fraction of sp³-hybridized carbons (Fsp3) is 0. The molecule has 0 bridgehead atoms. The molecule has 2 rings (SSSR count). The maximum absolute atomic E-state index is 13.4. The molecule has 0 fully saturated rings. The standard InChI is InChI=1S/C11H7BrFNOS/c12-8-1-2-10(9(13)5-8)14-11(15)7-3-4-16-6-7/h1-6H,(H,14,15). The molecule has 2 nitrogen and oxygen atoms in total. The zero-order valence-electron chi connectivity index (χ0n) is 8.04. The zero-order chi connectivity index (χ0) is 11.5. The van der Waals surface area contributed by atoms with Gasteiger partial charge in [-0.1, -0.05) is 15.9 Å². The Morgan fingerprint density at radius 3 is 2.81 bits per heavy atom. The van der Waals surface area contributed by atoms with Crippen molar-refractivity contribution in [2.24, 2.45) is 0 Å². The number of anilines is 1. The van der Waals surface area contributed by atoms with Gasteiger partial charge in [-0.15, -0.1) is 0 Å². The van der Waals surface area contributed by atoms with Gasteiger partial charge in [0, 0.05) is 9.85 Å². The van der Waals surface area contributed by atoms with Crippen LogP contribution in [0, 0.1) is 5.82 Å². The summed E-state index contributed by atoms with van der Waals surface area (Å²) in [6.45, 7) is 0. The summed E-state index contributed by atoms with van der Waals surface area (Å²) in [6, 6.07) is 6.19. The van der Waals surface area contributed by atoms with E-state index in [1.54, 1.807) is 22.9 Å². The number of carbonyl (C=O) groups is 1. The Bertz CT molecular complexity index is 513. The lowest BCUT2D eigenvalue weighted by atomic mass is 10.2. The van der Waals surface area contributed by atoms with Crippen LogP contribution in [0.2, 0.25) is 0 Å². The summed E-state index contributed by atoms with van der Waals surface area (Å²) in [4.78, 5) is 11.6. The molecule has 0 aliphatic rings. The topological polar surface area (TPSA) is 29.1 Å². The van der Waals surface area contributed by atoms with Gasteiger partial charge in [-0.2, -0.15) is 11.3 Å². The van der Waals surface area contributed by atoms with Crippen LogP contribution in [0.4, 0.5) is 10.1 Å². The highest BCUT2D eigenvalue weighted by Crippen LogP contribution is 2.20. The highest BCUT2D eigenvalue weighted by Gasteiger charge is 2.09. The molecule has 0 aliphatic heterocycles. The lowest BCUT2D eigenvalue weighted by Gasteiger charge is -2.05. The van der Waals surface area contributed by atoms with Crippen LogP contribution < -0.4 is 5.32 Å². The van der Waals surface area contributed by atoms with Crippen molar-refractivity contribution in [3.8, 4) is 0 Å². The van der Waals surface area contributed by atoms with Crippen molar-refractivity contribution < 1.29 is 9.18 Å². The van der Waals surface area contributed by atoms with Crippen LogP contribution in [-0.2, 0) is 0 Å². The van der Waals surface area contributed by atoms with Crippen molar-refractivity contribution in [3.05, 3.63) is 50.9 Å². The number of carbonyl (C=O) groups excluding carboxylic acids is 1. The third-order valence-electron chi connectivity index (χ3n) is 1.96. The van der Waals surface area contributed by atoms with Crippen LogP contribution in [0.3, 0.4) is 0 Å². The van der Waals surface area contributed by atoms with Gasteiger partial charge in [0.25, 0.3) is 5.91 Å². The second-order valence-corrected chi connectivity index (χ2v) is 4.79. The van der Waals surface area contributed by atoms with E-state index in [9.17, 15) is 9.18 Å². The third kappa shape index (κ3) is 2.48. The molecule has 0 spiro atoms. The maximum atomic E-state index is 13.4. The molecule has 0 saturated carbocycles. The minimum Gasteiger partial charge on any atom is -0.319 e. The minimum atomic E-state index is -0.460. The first-order chi connectivity index (χ1) is 7.66. The largest absolute Gasteiger partial charge is 0.319 e. The molecule has 1 heterocycles. The molecule has 1 aromatic carbocycles. The first-order valence-electron chi connectivity index (χ1n) is 4.45. The van der Waals surface area contributed by atoms with E-state index in [1.807, 2.05) is 0 Å². The summed E-state index contributed by atoms with van der Waals surface area (Å²) >= 11 is 4.57. The molecule has 1 N–H and O–H groups in total. The molecule has 0 radical (unpaired) electrons. The number of rotatable bonds is 2. The normalized spacial score (nSPS) is 10.1. The maximum Gasteiger partial charge on any atom is 0.256 e. The van der Waals surface area contributed by atoms with Gasteiger partial charge < -0.3 is 5.32 Å². The molecule has 16 heavy (non-hydrogen) atoms. The molecule has 82 valence electrons. The summed E-state index contributed by atoms with van der Waals surface area (Å²) in [5.41, 5.74) is 0.715. The number of halogens is 2. The van der Waals surface area contributed by atoms with Crippen molar-refractivity contribution in [1.29, 1.82) is 0 Å². The van der Waals surface area contributed by atoms with Crippen LogP contribution in [0.25, 0.3) is 0 Å². The summed E-state index contributed by atoms with van der Waals surface area (Å²) in [5, 5.41) is 6.02. The number of amides is 1. The van der Waals surface area contributed by atoms with Gasteiger partial charge in [0.05, 0.1) is 11.3 Å². The van der Waals surface area contributed by atoms with Crippen LogP contribution in [0.5, 0.6) is 0 Å². The Morgan fingerprint density at radius 1 is 1.38 bits per heavy atom. The fourth-order valence-corrected chi connectivity index (χ4v) is 2.15. The van der Waals surface area contributed by atoms with E-state index in [4.69, 9.17) is 0 Å². The van der Waals surface area contributed by atoms with E-state index in [-0.39, 0.29) is 11.6 Å². The molecule has 0 aliphatic carbocycles. The lowest BCUT2D eigenvalue weighted by molar-refractivity contribution is 0.102. The Kier molecular flexibility index (Phi) is 3.36. The van der Waals surface area contributed by atoms with Crippen molar-refractivity contribution >= 4 is 38.9 Å². The molecule has 0 unspecified atom stereocenters. The van der Waals surface area contributed by atoms with E-state index < -0.39 is 5.82 Å². The third-order valence-corrected chi connectivity index (χ3v) is 3.14. The number of hydrogen-bond donors (Lipinski definition) is 1.